The third-order valence-electron chi connectivity index (χ3n) is 3.27. The average molecular weight is 284 g/mol. The van der Waals surface area contributed by atoms with Crippen molar-refractivity contribution in [3.8, 4) is 0 Å². The van der Waals surface area contributed by atoms with Crippen LogP contribution in [0.15, 0.2) is 11.6 Å². The summed E-state index contributed by atoms with van der Waals surface area (Å²) in [5.41, 5.74) is 0.818. The van der Waals surface area contributed by atoms with Crippen molar-refractivity contribution < 1.29 is 24.5 Å². The van der Waals surface area contributed by atoms with Crippen LogP contribution in [0.3, 0.4) is 0 Å². The second kappa shape index (κ2) is 8.87. The Kier molecular flexibility index (Phi) is 7.47. The minimum absolute atomic E-state index is 0.131. The lowest BCUT2D eigenvalue weighted by atomic mass is 10.0. The molecule has 2 unspecified atom stereocenters. The molecule has 0 saturated heterocycles. The molecule has 114 valence electrons. The number of Topliss-reactive ketones (excluding diaryl/α,β-unsaturated/α-hetero) is 1. The lowest BCUT2D eigenvalue weighted by Gasteiger charge is -2.09. The number of allylic oxidation sites excluding steroid dienone is 1. The first kappa shape index (κ1) is 16.9. The van der Waals surface area contributed by atoms with Gasteiger partial charge in [0.2, 0.25) is 0 Å². The van der Waals surface area contributed by atoms with Crippen LogP contribution in [0, 0.1) is 0 Å². The van der Waals surface area contributed by atoms with E-state index in [9.17, 15) is 9.59 Å². The summed E-state index contributed by atoms with van der Waals surface area (Å²) in [6, 6.07) is 0. The summed E-state index contributed by atoms with van der Waals surface area (Å²) < 4.78 is 5.42. The number of aliphatic hydroxyl groups is 1. The van der Waals surface area contributed by atoms with Crippen molar-refractivity contribution in [2.75, 3.05) is 6.61 Å². The minimum Gasteiger partial charge on any atom is -0.481 e. The number of unbranched alkanes of at least 4 members (excludes halogenated alkanes) is 3. The summed E-state index contributed by atoms with van der Waals surface area (Å²) in [5, 5.41) is 17.6. The third-order valence-corrected chi connectivity index (χ3v) is 3.27. The zero-order valence-corrected chi connectivity index (χ0v) is 12.0. The van der Waals surface area contributed by atoms with Crippen molar-refractivity contribution in [3.05, 3.63) is 11.6 Å². The Hall–Kier alpha value is -1.20. The van der Waals surface area contributed by atoms with Gasteiger partial charge >= 0.3 is 5.97 Å². The maximum atomic E-state index is 11.8. The van der Waals surface area contributed by atoms with Crippen LogP contribution in [-0.4, -0.2) is 40.8 Å². The highest BCUT2D eigenvalue weighted by Gasteiger charge is 2.24. The van der Waals surface area contributed by atoms with E-state index >= 15 is 0 Å². The predicted octanol–water partition coefficient (Wildman–Crippen LogP) is 2.08. The van der Waals surface area contributed by atoms with Crippen LogP contribution in [0.1, 0.15) is 51.9 Å². The predicted molar refractivity (Wildman–Crippen MR) is 74.5 cm³/mol. The summed E-state index contributed by atoms with van der Waals surface area (Å²) in [4.78, 5) is 22.1. The largest absolute Gasteiger partial charge is 0.481 e. The molecule has 0 aromatic rings. The van der Waals surface area contributed by atoms with E-state index in [2.05, 4.69) is 0 Å². The van der Waals surface area contributed by atoms with Crippen molar-refractivity contribution in [3.63, 3.8) is 0 Å². The first-order chi connectivity index (χ1) is 9.49. The number of carboxylic acids is 1. The van der Waals surface area contributed by atoms with E-state index in [1.54, 1.807) is 6.92 Å². The van der Waals surface area contributed by atoms with E-state index in [0.717, 1.165) is 31.3 Å². The number of ketones is 1. The number of aliphatic hydroxyl groups excluding tert-OH is 1. The summed E-state index contributed by atoms with van der Waals surface area (Å²) in [6.45, 7) is 1.90. The van der Waals surface area contributed by atoms with Gasteiger partial charge in [-0.2, -0.15) is 0 Å². The normalized spacial score (nSPS) is 20.0. The molecule has 0 fully saturated rings. The van der Waals surface area contributed by atoms with E-state index < -0.39 is 12.1 Å². The summed E-state index contributed by atoms with van der Waals surface area (Å²) in [7, 11) is 0. The Bertz CT molecular complexity index is 359. The fourth-order valence-corrected chi connectivity index (χ4v) is 2.23. The Morgan fingerprint density at radius 1 is 1.40 bits per heavy atom. The molecule has 0 saturated carbocycles. The Balaban J connectivity index is 2.17. The van der Waals surface area contributed by atoms with Gasteiger partial charge in [-0.1, -0.05) is 12.8 Å². The number of carbonyl (C=O) groups is 2. The van der Waals surface area contributed by atoms with Gasteiger partial charge in [-0.05, 0) is 37.8 Å². The molecular weight excluding hydrogens is 260 g/mol. The zero-order chi connectivity index (χ0) is 15.0. The highest BCUT2D eigenvalue weighted by Crippen LogP contribution is 2.23. The summed E-state index contributed by atoms with van der Waals surface area (Å²) >= 11 is 0. The highest BCUT2D eigenvalue weighted by molar-refractivity contribution is 5.98. The molecule has 5 nitrogen and oxygen atoms in total. The molecule has 0 radical (unpaired) electrons. The Morgan fingerprint density at radius 2 is 2.10 bits per heavy atom. The van der Waals surface area contributed by atoms with Gasteiger partial charge in [0.25, 0.3) is 0 Å². The number of ether oxygens (including phenoxy) is 1. The zero-order valence-electron chi connectivity index (χ0n) is 12.0. The molecule has 0 aromatic heterocycles. The molecule has 0 aliphatic heterocycles. The first-order valence-corrected chi connectivity index (χ1v) is 7.24. The van der Waals surface area contributed by atoms with Crippen LogP contribution < -0.4 is 0 Å². The molecule has 0 bridgehead atoms. The van der Waals surface area contributed by atoms with Gasteiger partial charge in [-0.25, -0.2) is 0 Å². The number of aliphatic carboxylic acids is 1. The standard InChI is InChI=1S/C15H24O5/c1-11(16)10-20-13-8-12(14(17)9-13)6-4-2-3-5-7-15(18)19/h8,11,13,16H,2-7,9-10H2,1H3,(H,18,19). The number of hydrogen-bond acceptors (Lipinski definition) is 4. The van der Waals surface area contributed by atoms with Gasteiger partial charge in [-0.15, -0.1) is 0 Å². The molecule has 0 spiro atoms. The molecule has 20 heavy (non-hydrogen) atoms. The van der Waals surface area contributed by atoms with Crippen LogP contribution >= 0.6 is 0 Å². The van der Waals surface area contributed by atoms with Gasteiger partial charge in [0.15, 0.2) is 5.78 Å². The molecule has 0 amide bonds. The topological polar surface area (TPSA) is 83.8 Å². The van der Waals surface area contributed by atoms with Crippen molar-refractivity contribution in [2.24, 2.45) is 0 Å². The van der Waals surface area contributed by atoms with Crippen molar-refractivity contribution in [1.29, 1.82) is 0 Å². The Morgan fingerprint density at radius 3 is 2.75 bits per heavy atom. The van der Waals surface area contributed by atoms with Gasteiger partial charge < -0.3 is 14.9 Å². The van der Waals surface area contributed by atoms with E-state index in [-0.39, 0.29) is 24.9 Å². The molecule has 2 N–H and O–H groups in total. The minimum atomic E-state index is -0.753. The lowest BCUT2D eigenvalue weighted by Crippen LogP contribution is -2.17. The fourth-order valence-electron chi connectivity index (χ4n) is 2.23. The summed E-state index contributed by atoms with van der Waals surface area (Å²) in [6.07, 6.45) is 5.91. The quantitative estimate of drug-likeness (QED) is 0.600. The lowest BCUT2D eigenvalue weighted by molar-refractivity contribution is -0.137. The molecule has 1 rings (SSSR count). The van der Waals surface area contributed by atoms with E-state index in [1.165, 1.54) is 0 Å². The molecule has 0 heterocycles. The van der Waals surface area contributed by atoms with Crippen LogP contribution in [0.25, 0.3) is 0 Å². The van der Waals surface area contributed by atoms with Gasteiger partial charge in [0.1, 0.15) is 0 Å². The van der Waals surface area contributed by atoms with Crippen molar-refractivity contribution in [2.45, 2.75) is 64.1 Å². The molecular formula is C15H24O5. The number of carbonyl (C=O) groups excluding carboxylic acids is 1. The fraction of sp³-hybridized carbons (Fsp3) is 0.733. The van der Waals surface area contributed by atoms with Gasteiger partial charge in [-0.3, -0.25) is 9.59 Å². The van der Waals surface area contributed by atoms with E-state index in [1.807, 2.05) is 6.08 Å². The van der Waals surface area contributed by atoms with E-state index in [4.69, 9.17) is 14.9 Å². The second-order valence-electron chi connectivity index (χ2n) is 5.35. The van der Waals surface area contributed by atoms with Gasteiger partial charge in [0.05, 0.1) is 18.8 Å². The number of rotatable bonds is 10. The van der Waals surface area contributed by atoms with Crippen LogP contribution in [0.4, 0.5) is 0 Å². The average Bonchev–Trinajstić information content (AvgIpc) is 2.71. The molecule has 0 aromatic carbocycles. The summed E-state index contributed by atoms with van der Waals surface area (Å²) in [5.74, 6) is -0.622. The van der Waals surface area contributed by atoms with Gasteiger partial charge in [0, 0.05) is 12.8 Å². The monoisotopic (exact) mass is 284 g/mol. The SMILES string of the molecule is CC(O)COC1C=C(CCCCCCC(=O)O)C(=O)C1. The maximum absolute atomic E-state index is 11.8. The van der Waals surface area contributed by atoms with E-state index in [0.29, 0.717) is 12.8 Å². The number of carboxylic acid groups (broad SMARTS) is 1. The smallest absolute Gasteiger partial charge is 0.303 e. The Labute approximate surface area is 119 Å². The van der Waals surface area contributed by atoms with Crippen molar-refractivity contribution >= 4 is 11.8 Å². The van der Waals surface area contributed by atoms with Crippen LogP contribution in [0.5, 0.6) is 0 Å². The van der Waals surface area contributed by atoms with Crippen molar-refractivity contribution in [1.82, 2.24) is 0 Å². The van der Waals surface area contributed by atoms with Crippen LogP contribution in [-0.2, 0) is 14.3 Å². The first-order valence-electron chi connectivity index (χ1n) is 7.24. The van der Waals surface area contributed by atoms with Crippen LogP contribution in [0.2, 0.25) is 0 Å². The molecule has 1 aliphatic carbocycles. The maximum Gasteiger partial charge on any atom is 0.303 e. The number of hydrogen-bond donors (Lipinski definition) is 2. The highest BCUT2D eigenvalue weighted by atomic mass is 16.5. The third kappa shape index (κ3) is 6.82. The second-order valence-corrected chi connectivity index (χ2v) is 5.35. The molecule has 2 atom stereocenters. The molecule has 5 heteroatoms. The molecule has 1 aliphatic rings.